The molecule has 0 bridgehead atoms. The van der Waals surface area contributed by atoms with E-state index >= 15 is 0 Å². The number of para-hydroxylation sites is 1. The molecule has 9 heteroatoms. The SMILES string of the molecule is Cc1ccc(-c2cc(=O)c3cccc(Cl)c3o2)c(OC2CC(C(=O)NS(=O)(=O)C3CC3)C2)c1. The lowest BCUT2D eigenvalue weighted by Crippen LogP contribution is -2.46. The van der Waals surface area contributed by atoms with Crippen LogP contribution in [0.15, 0.2) is 51.7 Å². The summed E-state index contributed by atoms with van der Waals surface area (Å²) in [7, 11) is -3.55. The molecule has 2 saturated carbocycles. The summed E-state index contributed by atoms with van der Waals surface area (Å²) in [4.78, 5) is 24.9. The van der Waals surface area contributed by atoms with Gasteiger partial charge in [0.15, 0.2) is 11.0 Å². The molecule has 0 atom stereocenters. The van der Waals surface area contributed by atoms with E-state index in [1.165, 1.54) is 6.07 Å². The van der Waals surface area contributed by atoms with Crippen molar-refractivity contribution in [3.63, 3.8) is 0 Å². The second-order valence-corrected chi connectivity index (χ2v) is 11.1. The highest BCUT2D eigenvalue weighted by atomic mass is 35.5. The van der Waals surface area contributed by atoms with Crippen LogP contribution in [0.25, 0.3) is 22.3 Å². The molecule has 0 aliphatic heterocycles. The molecule has 1 N–H and O–H groups in total. The van der Waals surface area contributed by atoms with Crippen LogP contribution in [0.5, 0.6) is 5.75 Å². The molecule has 1 aromatic heterocycles. The monoisotopic (exact) mass is 487 g/mol. The minimum Gasteiger partial charge on any atom is -0.490 e. The molecule has 1 amide bonds. The molecule has 2 aliphatic rings. The first kappa shape index (κ1) is 22.0. The van der Waals surface area contributed by atoms with E-state index in [0.717, 1.165) is 5.56 Å². The third-order valence-electron chi connectivity index (χ3n) is 6.07. The van der Waals surface area contributed by atoms with Crippen molar-refractivity contribution in [3.05, 3.63) is 63.3 Å². The van der Waals surface area contributed by atoms with E-state index in [4.69, 9.17) is 20.8 Å². The van der Waals surface area contributed by atoms with Crippen LogP contribution in [0.1, 0.15) is 31.2 Å². The van der Waals surface area contributed by atoms with Gasteiger partial charge in [0.1, 0.15) is 17.6 Å². The minimum absolute atomic E-state index is 0.211. The Kier molecular flexibility index (Phi) is 5.45. The van der Waals surface area contributed by atoms with Gasteiger partial charge < -0.3 is 9.15 Å². The standard InChI is InChI=1S/C24H22ClNO6S/c1-13-5-8-18(22-12-20(27)17-3-2-4-19(25)23(17)32-22)21(9-13)31-15-10-14(11-15)24(28)26-33(29,30)16-6-7-16/h2-5,8-9,12,14-16H,6-7,10-11H2,1H3,(H,26,28). The predicted molar refractivity (Wildman–Crippen MR) is 125 cm³/mol. The average Bonchev–Trinajstić information content (AvgIpc) is 3.57. The van der Waals surface area contributed by atoms with Gasteiger partial charge in [-0.25, -0.2) is 8.42 Å². The predicted octanol–water partition coefficient (Wildman–Crippen LogP) is 4.19. The largest absolute Gasteiger partial charge is 0.490 e. The molecule has 2 fully saturated rings. The number of fused-ring (bicyclic) bond motifs is 1. The summed E-state index contributed by atoms with van der Waals surface area (Å²) < 4.78 is 38.3. The topological polar surface area (TPSA) is 103 Å². The zero-order chi connectivity index (χ0) is 23.3. The van der Waals surface area contributed by atoms with Crippen LogP contribution in [0.2, 0.25) is 5.02 Å². The van der Waals surface area contributed by atoms with Crippen molar-refractivity contribution >= 4 is 38.5 Å². The molecule has 172 valence electrons. The molecule has 0 radical (unpaired) electrons. The fourth-order valence-electron chi connectivity index (χ4n) is 3.95. The number of hydrogen-bond acceptors (Lipinski definition) is 6. The highest BCUT2D eigenvalue weighted by Crippen LogP contribution is 2.38. The van der Waals surface area contributed by atoms with Crippen LogP contribution in [-0.4, -0.2) is 25.7 Å². The molecule has 2 aliphatic carbocycles. The van der Waals surface area contributed by atoms with Gasteiger partial charge in [-0.1, -0.05) is 23.7 Å². The summed E-state index contributed by atoms with van der Waals surface area (Å²) in [5, 5.41) is 0.304. The van der Waals surface area contributed by atoms with Gasteiger partial charge in [-0.2, -0.15) is 0 Å². The number of ether oxygens (including phenoxy) is 1. The third-order valence-corrected chi connectivity index (χ3v) is 8.21. The number of amides is 1. The highest BCUT2D eigenvalue weighted by molar-refractivity contribution is 7.90. The molecule has 2 aromatic carbocycles. The zero-order valence-corrected chi connectivity index (χ0v) is 19.4. The normalized spacial score (nSPS) is 20.3. The fraction of sp³-hybridized carbons (Fsp3) is 0.333. The van der Waals surface area contributed by atoms with Gasteiger partial charge in [0, 0.05) is 12.0 Å². The molecule has 5 rings (SSSR count). The van der Waals surface area contributed by atoms with E-state index in [1.807, 2.05) is 25.1 Å². The van der Waals surface area contributed by atoms with Gasteiger partial charge in [0.05, 0.1) is 21.2 Å². The van der Waals surface area contributed by atoms with E-state index in [1.54, 1.807) is 18.2 Å². The summed E-state index contributed by atoms with van der Waals surface area (Å²) in [5.74, 6) is -0.0191. The maximum atomic E-state index is 12.6. The Morgan fingerprint density at radius 2 is 1.91 bits per heavy atom. The Balaban J connectivity index is 1.35. The Bertz CT molecular complexity index is 1420. The molecular weight excluding hydrogens is 466 g/mol. The van der Waals surface area contributed by atoms with Crippen LogP contribution in [0, 0.1) is 12.8 Å². The second-order valence-electron chi connectivity index (χ2n) is 8.71. The number of hydrogen-bond donors (Lipinski definition) is 1. The number of halogens is 1. The van der Waals surface area contributed by atoms with E-state index in [-0.39, 0.29) is 11.5 Å². The third kappa shape index (κ3) is 4.37. The first-order valence-electron chi connectivity index (χ1n) is 10.8. The first-order chi connectivity index (χ1) is 15.7. The maximum absolute atomic E-state index is 12.6. The lowest BCUT2D eigenvalue weighted by molar-refractivity contribution is -0.128. The van der Waals surface area contributed by atoms with Gasteiger partial charge >= 0.3 is 0 Å². The summed E-state index contributed by atoms with van der Waals surface area (Å²) in [5.41, 5.74) is 1.66. The number of benzene rings is 2. The Labute approximate surface area is 195 Å². The number of aryl methyl sites for hydroxylation is 1. The number of rotatable bonds is 6. The molecule has 0 saturated heterocycles. The molecular formula is C24H22ClNO6S. The van der Waals surface area contributed by atoms with Gasteiger partial charge in [0.25, 0.3) is 0 Å². The van der Waals surface area contributed by atoms with Crippen LogP contribution in [0.4, 0.5) is 0 Å². The zero-order valence-electron chi connectivity index (χ0n) is 17.8. The van der Waals surface area contributed by atoms with Gasteiger partial charge in [-0.15, -0.1) is 0 Å². The first-order valence-corrected chi connectivity index (χ1v) is 12.7. The van der Waals surface area contributed by atoms with Gasteiger partial charge in [-0.3, -0.25) is 14.3 Å². The quantitative estimate of drug-likeness (QED) is 0.559. The Hall–Kier alpha value is -2.84. The lowest BCUT2D eigenvalue weighted by atomic mass is 9.82. The second kappa shape index (κ2) is 8.18. The van der Waals surface area contributed by atoms with E-state index in [9.17, 15) is 18.0 Å². The van der Waals surface area contributed by atoms with E-state index < -0.39 is 27.1 Å². The molecule has 0 unspecified atom stereocenters. The Morgan fingerprint density at radius 3 is 2.64 bits per heavy atom. The number of sulfonamides is 1. The van der Waals surface area contributed by atoms with Gasteiger partial charge in [0.2, 0.25) is 15.9 Å². The summed E-state index contributed by atoms with van der Waals surface area (Å²) >= 11 is 6.24. The van der Waals surface area contributed by atoms with Crippen molar-refractivity contribution in [1.82, 2.24) is 4.72 Å². The lowest BCUT2D eigenvalue weighted by Gasteiger charge is -2.34. The highest BCUT2D eigenvalue weighted by Gasteiger charge is 2.42. The fourth-order valence-corrected chi connectivity index (χ4v) is 5.53. The average molecular weight is 488 g/mol. The molecule has 1 heterocycles. The smallest absolute Gasteiger partial charge is 0.237 e. The number of carbonyl (C=O) groups is 1. The van der Waals surface area contributed by atoms with E-state index in [0.29, 0.717) is 58.7 Å². The van der Waals surface area contributed by atoms with Crippen LogP contribution in [0.3, 0.4) is 0 Å². The van der Waals surface area contributed by atoms with E-state index in [2.05, 4.69) is 4.72 Å². The van der Waals surface area contributed by atoms with Crippen molar-refractivity contribution in [2.75, 3.05) is 0 Å². The number of nitrogens with one attached hydrogen (secondary N) is 1. The van der Waals surface area contributed by atoms with Crippen molar-refractivity contribution in [1.29, 1.82) is 0 Å². The van der Waals surface area contributed by atoms with Crippen LogP contribution >= 0.6 is 11.6 Å². The minimum atomic E-state index is -3.55. The van der Waals surface area contributed by atoms with Gasteiger partial charge in [-0.05, 0) is 62.4 Å². The van der Waals surface area contributed by atoms with Crippen molar-refractivity contribution in [2.24, 2.45) is 5.92 Å². The molecule has 3 aromatic rings. The summed E-state index contributed by atoms with van der Waals surface area (Å²) in [6.45, 7) is 1.92. The molecule has 33 heavy (non-hydrogen) atoms. The van der Waals surface area contributed by atoms with Crippen molar-refractivity contribution in [2.45, 2.75) is 44.0 Å². The molecule has 0 spiro atoms. The van der Waals surface area contributed by atoms with Crippen molar-refractivity contribution in [3.8, 4) is 17.1 Å². The summed E-state index contributed by atoms with van der Waals surface area (Å²) in [6, 6.07) is 12.0. The maximum Gasteiger partial charge on any atom is 0.237 e. The Morgan fingerprint density at radius 1 is 1.15 bits per heavy atom. The summed E-state index contributed by atoms with van der Waals surface area (Å²) in [6.07, 6.45) is 1.77. The van der Waals surface area contributed by atoms with Crippen LogP contribution in [-0.2, 0) is 14.8 Å². The van der Waals surface area contributed by atoms with Crippen molar-refractivity contribution < 1.29 is 22.4 Å². The van der Waals surface area contributed by atoms with Crippen LogP contribution < -0.4 is 14.9 Å². The number of carbonyl (C=O) groups excluding carboxylic acids is 1. The molecule has 7 nitrogen and oxygen atoms in total.